The smallest absolute Gasteiger partial charge is 0.281 e. The van der Waals surface area contributed by atoms with Crippen LogP contribution in [0.3, 0.4) is 0 Å². The van der Waals surface area contributed by atoms with Gasteiger partial charge in [0.15, 0.2) is 6.17 Å². The minimum Gasteiger partial charge on any atom is -0.281 e. The highest BCUT2D eigenvalue weighted by Crippen LogP contribution is 2.36. The molecule has 2 rings (SSSR count). The summed E-state index contributed by atoms with van der Waals surface area (Å²) in [6.45, 7) is 1.52. The zero-order valence-electron chi connectivity index (χ0n) is 10.3. The molecular formula is C10H11F4N5S. The number of halogens is 4. The minimum atomic E-state index is -4.13. The summed E-state index contributed by atoms with van der Waals surface area (Å²) in [5.74, 6) is -4.13. The molecule has 0 spiro atoms. The zero-order chi connectivity index (χ0) is 14.9. The Morgan fingerprint density at radius 3 is 2.70 bits per heavy atom. The van der Waals surface area contributed by atoms with Gasteiger partial charge in [-0.2, -0.15) is 13.9 Å². The lowest BCUT2D eigenvalue weighted by Gasteiger charge is -2.30. The topological polar surface area (TPSA) is 46.3 Å². The van der Waals surface area contributed by atoms with Crippen molar-refractivity contribution in [2.24, 2.45) is 4.99 Å². The normalized spacial score (nSPS) is 20.1. The van der Waals surface area contributed by atoms with Gasteiger partial charge in [-0.05, 0) is 12.5 Å². The number of rotatable bonds is 4. The standard InChI is InChI=1S/C10H11F4N5S/c1-6-7(2-10(13,14)9(11)12)16-5-19(20)8(6)18-4-15-3-17-18/h3-5,8-9,20H,2H2,1H3. The highest BCUT2D eigenvalue weighted by atomic mass is 32.1. The van der Waals surface area contributed by atoms with E-state index in [1.54, 1.807) is 0 Å². The molecule has 0 N–H and O–H groups in total. The molecule has 1 aliphatic rings. The van der Waals surface area contributed by atoms with E-state index in [1.807, 2.05) is 0 Å². The minimum absolute atomic E-state index is 0.110. The van der Waals surface area contributed by atoms with Crippen LogP contribution in [0, 0.1) is 0 Å². The predicted octanol–water partition coefficient (Wildman–Crippen LogP) is 2.53. The number of hydrogen-bond donors (Lipinski definition) is 1. The van der Waals surface area contributed by atoms with Crippen LogP contribution in [0.25, 0.3) is 0 Å². The lowest BCUT2D eigenvalue weighted by Crippen LogP contribution is -2.32. The highest BCUT2D eigenvalue weighted by Gasteiger charge is 2.42. The van der Waals surface area contributed by atoms with E-state index in [0.717, 1.165) is 0 Å². The van der Waals surface area contributed by atoms with Crippen LogP contribution in [0.4, 0.5) is 17.6 Å². The van der Waals surface area contributed by atoms with Crippen LogP contribution < -0.4 is 0 Å². The van der Waals surface area contributed by atoms with Crippen molar-refractivity contribution in [3.8, 4) is 0 Å². The van der Waals surface area contributed by atoms with Crippen LogP contribution in [0.2, 0.25) is 0 Å². The van der Waals surface area contributed by atoms with E-state index in [-0.39, 0.29) is 5.70 Å². The highest BCUT2D eigenvalue weighted by molar-refractivity contribution is 7.78. The summed E-state index contributed by atoms with van der Waals surface area (Å²) < 4.78 is 53.5. The second-order valence-electron chi connectivity index (χ2n) is 4.24. The number of alkyl halides is 4. The van der Waals surface area contributed by atoms with Crippen molar-refractivity contribution >= 4 is 19.2 Å². The van der Waals surface area contributed by atoms with E-state index in [9.17, 15) is 17.6 Å². The second-order valence-corrected chi connectivity index (χ2v) is 4.70. The molecule has 1 aliphatic heterocycles. The van der Waals surface area contributed by atoms with E-state index in [0.29, 0.717) is 5.57 Å². The van der Waals surface area contributed by atoms with E-state index in [1.165, 1.54) is 34.9 Å². The molecule has 0 bridgehead atoms. The molecular weight excluding hydrogens is 298 g/mol. The third-order valence-corrected chi connectivity index (χ3v) is 3.16. The van der Waals surface area contributed by atoms with E-state index in [4.69, 9.17) is 0 Å². The van der Waals surface area contributed by atoms with Crippen molar-refractivity contribution in [3.05, 3.63) is 23.9 Å². The van der Waals surface area contributed by atoms with Crippen molar-refractivity contribution < 1.29 is 17.6 Å². The fourth-order valence-electron chi connectivity index (χ4n) is 1.79. The number of thiol groups is 1. The van der Waals surface area contributed by atoms with Crippen molar-refractivity contribution in [2.75, 3.05) is 0 Å². The van der Waals surface area contributed by atoms with Gasteiger partial charge in [-0.1, -0.05) is 12.8 Å². The first kappa shape index (κ1) is 14.8. The first-order chi connectivity index (χ1) is 9.33. The van der Waals surface area contributed by atoms with Gasteiger partial charge in [0.1, 0.15) is 19.0 Å². The van der Waals surface area contributed by atoms with Crippen molar-refractivity contribution in [2.45, 2.75) is 31.9 Å². The predicted molar refractivity (Wildman–Crippen MR) is 66.6 cm³/mol. The Labute approximate surface area is 117 Å². The molecule has 2 heterocycles. The van der Waals surface area contributed by atoms with Gasteiger partial charge >= 0.3 is 12.3 Å². The largest absolute Gasteiger partial charge is 0.312 e. The molecule has 0 radical (unpaired) electrons. The van der Waals surface area contributed by atoms with Crippen LogP contribution in [0.15, 0.2) is 28.9 Å². The Bertz CT molecular complexity index is 528. The third-order valence-electron chi connectivity index (χ3n) is 2.83. The van der Waals surface area contributed by atoms with Crippen molar-refractivity contribution in [1.29, 1.82) is 0 Å². The van der Waals surface area contributed by atoms with Crippen LogP contribution >= 0.6 is 12.8 Å². The van der Waals surface area contributed by atoms with Crippen LogP contribution in [-0.4, -0.2) is 37.8 Å². The monoisotopic (exact) mass is 309 g/mol. The first-order valence-corrected chi connectivity index (χ1v) is 5.94. The summed E-state index contributed by atoms with van der Waals surface area (Å²) in [6, 6.07) is 0. The average Bonchev–Trinajstić information content (AvgIpc) is 2.86. The molecule has 1 atom stereocenters. The summed E-state index contributed by atoms with van der Waals surface area (Å²) >= 11 is 4.12. The van der Waals surface area contributed by atoms with E-state index < -0.39 is 24.9 Å². The molecule has 1 unspecified atom stereocenters. The van der Waals surface area contributed by atoms with Gasteiger partial charge in [-0.3, -0.25) is 4.31 Å². The molecule has 20 heavy (non-hydrogen) atoms. The van der Waals surface area contributed by atoms with Gasteiger partial charge < -0.3 is 0 Å². The van der Waals surface area contributed by atoms with Crippen LogP contribution in [0.5, 0.6) is 0 Å². The number of aromatic nitrogens is 3. The summed E-state index contributed by atoms with van der Waals surface area (Å²) in [7, 11) is 0. The molecule has 10 heteroatoms. The van der Waals surface area contributed by atoms with Gasteiger partial charge in [0.05, 0.1) is 12.1 Å². The summed E-state index contributed by atoms with van der Waals surface area (Å²) in [6.07, 6.45) is -1.69. The number of hydrogen-bond acceptors (Lipinski definition) is 5. The van der Waals surface area contributed by atoms with E-state index in [2.05, 4.69) is 27.9 Å². The summed E-state index contributed by atoms with van der Waals surface area (Å²) in [5, 5.41) is 3.89. The molecule has 0 fully saturated rings. The molecule has 0 aromatic carbocycles. The maximum atomic E-state index is 13.1. The molecule has 110 valence electrons. The summed E-state index contributed by atoms with van der Waals surface area (Å²) in [4.78, 5) is 7.50. The lowest BCUT2D eigenvalue weighted by atomic mass is 10.1. The van der Waals surface area contributed by atoms with E-state index >= 15 is 0 Å². The SMILES string of the molecule is CC1=C(CC(F)(F)C(F)F)N=CN(S)C1n1cncn1. The van der Waals surface area contributed by atoms with Gasteiger partial charge in [0, 0.05) is 0 Å². The first-order valence-electron chi connectivity index (χ1n) is 5.54. The molecule has 0 amide bonds. The molecule has 0 aliphatic carbocycles. The summed E-state index contributed by atoms with van der Waals surface area (Å²) in [5.41, 5.74) is 0.245. The average molecular weight is 309 g/mol. The fraction of sp³-hybridized carbons (Fsp3) is 0.500. The van der Waals surface area contributed by atoms with Gasteiger partial charge in [0.2, 0.25) is 0 Å². The second kappa shape index (κ2) is 5.43. The van der Waals surface area contributed by atoms with Gasteiger partial charge in [-0.15, -0.1) is 0 Å². The van der Waals surface area contributed by atoms with Gasteiger partial charge in [-0.25, -0.2) is 23.4 Å². The number of nitrogens with zero attached hydrogens (tertiary/aromatic N) is 5. The molecule has 1 aromatic heterocycles. The molecule has 5 nitrogen and oxygen atoms in total. The molecule has 0 saturated heterocycles. The maximum absolute atomic E-state index is 13.1. The zero-order valence-corrected chi connectivity index (χ0v) is 11.2. The Hall–Kier alpha value is -1.58. The Morgan fingerprint density at radius 2 is 2.15 bits per heavy atom. The number of allylic oxidation sites excluding steroid dienone is 1. The van der Waals surface area contributed by atoms with Crippen molar-refractivity contribution in [3.63, 3.8) is 0 Å². The van der Waals surface area contributed by atoms with Crippen LogP contribution in [0.1, 0.15) is 19.5 Å². The molecule has 1 aromatic rings. The Balaban J connectivity index is 2.31. The fourth-order valence-corrected chi connectivity index (χ4v) is 2.12. The molecule has 0 saturated carbocycles. The Morgan fingerprint density at radius 1 is 1.45 bits per heavy atom. The quantitative estimate of drug-likeness (QED) is 0.687. The number of aliphatic imine (C=N–C) groups is 1. The van der Waals surface area contributed by atoms with Crippen LogP contribution in [-0.2, 0) is 0 Å². The van der Waals surface area contributed by atoms with Gasteiger partial charge in [0.25, 0.3) is 0 Å². The van der Waals surface area contributed by atoms with Crippen molar-refractivity contribution in [1.82, 2.24) is 19.1 Å². The lowest BCUT2D eigenvalue weighted by molar-refractivity contribution is -0.127. The maximum Gasteiger partial charge on any atom is 0.312 e. The third kappa shape index (κ3) is 2.79. The Kier molecular flexibility index (Phi) is 4.02.